The summed E-state index contributed by atoms with van der Waals surface area (Å²) < 4.78 is 10.3. The molecule has 7 nitrogen and oxygen atoms in total. The number of hydrogen-bond acceptors (Lipinski definition) is 6. The molecule has 0 aromatic carbocycles. The highest BCUT2D eigenvalue weighted by Crippen LogP contribution is 2.17. The molecular formula is C14H27N5O2S. The highest BCUT2D eigenvalue weighted by molar-refractivity contribution is 7.13. The third-order valence-electron chi connectivity index (χ3n) is 2.77. The third kappa shape index (κ3) is 7.58. The zero-order valence-electron chi connectivity index (χ0n) is 13.9. The Kier molecular flexibility index (Phi) is 9.52. The van der Waals surface area contributed by atoms with Crippen molar-refractivity contribution in [3.63, 3.8) is 0 Å². The minimum absolute atomic E-state index is 0.638. The normalized spacial score (nSPS) is 11.5. The second-order valence-electron chi connectivity index (χ2n) is 4.83. The van der Waals surface area contributed by atoms with Gasteiger partial charge in [-0.3, -0.25) is 4.99 Å². The maximum atomic E-state index is 5.41. The van der Waals surface area contributed by atoms with Crippen LogP contribution in [-0.4, -0.2) is 65.6 Å². The number of nitrogens with one attached hydrogen (secondary N) is 2. The average molecular weight is 329 g/mol. The Morgan fingerprint density at radius 1 is 1.32 bits per heavy atom. The fraction of sp³-hybridized carbons (Fsp3) is 0.714. The number of ether oxygens (including phenoxy) is 2. The number of rotatable bonds is 10. The van der Waals surface area contributed by atoms with Gasteiger partial charge in [0.15, 0.2) is 11.1 Å². The maximum absolute atomic E-state index is 5.41. The predicted molar refractivity (Wildman–Crippen MR) is 92.0 cm³/mol. The Bertz CT molecular complexity index is 437. The minimum atomic E-state index is 0.638. The molecule has 0 aliphatic carbocycles. The van der Waals surface area contributed by atoms with E-state index in [4.69, 9.17) is 9.47 Å². The second kappa shape index (κ2) is 11.2. The molecule has 0 radical (unpaired) electrons. The number of anilines is 1. The summed E-state index contributed by atoms with van der Waals surface area (Å²) in [6, 6.07) is 0. The van der Waals surface area contributed by atoms with Crippen molar-refractivity contribution < 1.29 is 9.47 Å². The standard InChI is InChI=1S/C14H27N5O2S/c1-15-13(16-6-5-7-21-9-8-20-4)17-10-12-11-22-14(18-12)19(2)3/h11H,5-10H2,1-4H3,(H2,15,16,17). The molecule has 1 rings (SSSR count). The molecule has 1 aromatic rings. The van der Waals surface area contributed by atoms with Crippen molar-refractivity contribution in [3.05, 3.63) is 11.1 Å². The lowest BCUT2D eigenvalue weighted by Crippen LogP contribution is -2.37. The first-order valence-corrected chi connectivity index (χ1v) is 8.18. The van der Waals surface area contributed by atoms with Gasteiger partial charge in [-0.15, -0.1) is 11.3 Å². The molecule has 8 heteroatoms. The predicted octanol–water partition coefficient (Wildman–Crippen LogP) is 0.927. The van der Waals surface area contributed by atoms with E-state index in [0.29, 0.717) is 26.4 Å². The Balaban J connectivity index is 2.16. The summed E-state index contributed by atoms with van der Waals surface area (Å²) in [6.45, 7) is 3.47. The number of hydrogen-bond donors (Lipinski definition) is 2. The first-order chi connectivity index (χ1) is 10.7. The van der Waals surface area contributed by atoms with Crippen LogP contribution in [-0.2, 0) is 16.0 Å². The lowest BCUT2D eigenvalue weighted by atomic mass is 10.4. The first-order valence-electron chi connectivity index (χ1n) is 7.30. The van der Waals surface area contributed by atoms with Crippen LogP contribution in [0, 0.1) is 0 Å². The smallest absolute Gasteiger partial charge is 0.191 e. The summed E-state index contributed by atoms with van der Waals surface area (Å²) in [5.41, 5.74) is 1.01. The minimum Gasteiger partial charge on any atom is -0.382 e. The van der Waals surface area contributed by atoms with Crippen LogP contribution in [0.15, 0.2) is 10.4 Å². The number of methoxy groups -OCH3 is 1. The van der Waals surface area contributed by atoms with Crippen molar-refractivity contribution >= 4 is 22.4 Å². The molecule has 0 saturated heterocycles. The van der Waals surface area contributed by atoms with Gasteiger partial charge in [0.1, 0.15) is 0 Å². The van der Waals surface area contributed by atoms with Crippen LogP contribution in [0.25, 0.3) is 0 Å². The summed E-state index contributed by atoms with van der Waals surface area (Å²) in [6.07, 6.45) is 0.923. The molecule has 0 saturated carbocycles. The number of thiazole rings is 1. The van der Waals surface area contributed by atoms with Crippen LogP contribution in [0.5, 0.6) is 0 Å². The summed E-state index contributed by atoms with van der Waals surface area (Å²) in [5.74, 6) is 0.774. The lowest BCUT2D eigenvalue weighted by molar-refractivity contribution is 0.0698. The molecule has 1 aromatic heterocycles. The molecular weight excluding hydrogens is 302 g/mol. The number of aromatic nitrogens is 1. The van der Waals surface area contributed by atoms with Gasteiger partial charge in [-0.1, -0.05) is 0 Å². The van der Waals surface area contributed by atoms with Crippen LogP contribution in [0.3, 0.4) is 0 Å². The van der Waals surface area contributed by atoms with Gasteiger partial charge < -0.3 is 25.0 Å². The molecule has 0 aliphatic heterocycles. The van der Waals surface area contributed by atoms with E-state index in [0.717, 1.165) is 29.8 Å². The summed E-state index contributed by atoms with van der Waals surface area (Å²) in [5, 5.41) is 9.57. The zero-order valence-corrected chi connectivity index (χ0v) is 14.7. The van der Waals surface area contributed by atoms with Crippen LogP contribution < -0.4 is 15.5 Å². The molecule has 0 unspecified atom stereocenters. The van der Waals surface area contributed by atoms with Crippen LogP contribution in [0.1, 0.15) is 12.1 Å². The van der Waals surface area contributed by atoms with Crippen molar-refractivity contribution in [1.29, 1.82) is 0 Å². The second-order valence-corrected chi connectivity index (χ2v) is 5.66. The van der Waals surface area contributed by atoms with E-state index in [-0.39, 0.29) is 0 Å². The van der Waals surface area contributed by atoms with E-state index in [1.54, 1.807) is 25.5 Å². The number of aliphatic imine (C=N–C) groups is 1. The van der Waals surface area contributed by atoms with Gasteiger partial charge in [0.05, 0.1) is 25.5 Å². The van der Waals surface area contributed by atoms with E-state index in [1.807, 2.05) is 19.0 Å². The van der Waals surface area contributed by atoms with Gasteiger partial charge in [-0.05, 0) is 6.42 Å². The number of guanidine groups is 1. The fourth-order valence-electron chi connectivity index (χ4n) is 1.60. The molecule has 0 spiro atoms. The SMILES string of the molecule is CN=C(NCCCOCCOC)NCc1csc(N(C)C)n1. The van der Waals surface area contributed by atoms with E-state index < -0.39 is 0 Å². The van der Waals surface area contributed by atoms with Gasteiger partial charge in [0.25, 0.3) is 0 Å². The Labute approximate surface area is 136 Å². The van der Waals surface area contributed by atoms with E-state index in [2.05, 4.69) is 26.0 Å². The zero-order chi connectivity index (χ0) is 16.2. The molecule has 126 valence electrons. The molecule has 0 aliphatic rings. The van der Waals surface area contributed by atoms with Crippen LogP contribution >= 0.6 is 11.3 Å². The average Bonchev–Trinajstić information content (AvgIpc) is 2.98. The van der Waals surface area contributed by atoms with E-state index in [9.17, 15) is 0 Å². The third-order valence-corrected chi connectivity index (χ3v) is 3.83. The number of nitrogens with zero attached hydrogens (tertiary/aromatic N) is 3. The van der Waals surface area contributed by atoms with Crippen molar-refractivity contribution in [2.75, 3.05) is 59.5 Å². The van der Waals surface area contributed by atoms with Crippen molar-refractivity contribution in [2.45, 2.75) is 13.0 Å². The van der Waals surface area contributed by atoms with Gasteiger partial charge >= 0.3 is 0 Å². The van der Waals surface area contributed by atoms with Gasteiger partial charge in [-0.25, -0.2) is 4.98 Å². The fourth-order valence-corrected chi connectivity index (χ4v) is 2.36. The molecule has 1 heterocycles. The van der Waals surface area contributed by atoms with Crippen molar-refractivity contribution in [1.82, 2.24) is 15.6 Å². The topological polar surface area (TPSA) is 71.0 Å². The Hall–Kier alpha value is -1.38. The molecule has 2 N–H and O–H groups in total. The van der Waals surface area contributed by atoms with Crippen LogP contribution in [0.4, 0.5) is 5.13 Å². The van der Waals surface area contributed by atoms with Crippen LogP contribution in [0.2, 0.25) is 0 Å². The van der Waals surface area contributed by atoms with Crippen molar-refractivity contribution in [3.8, 4) is 0 Å². The Morgan fingerprint density at radius 3 is 2.77 bits per heavy atom. The van der Waals surface area contributed by atoms with Gasteiger partial charge in [0.2, 0.25) is 0 Å². The highest BCUT2D eigenvalue weighted by Gasteiger charge is 2.04. The molecule has 0 amide bonds. The summed E-state index contributed by atoms with van der Waals surface area (Å²) in [4.78, 5) is 10.7. The van der Waals surface area contributed by atoms with E-state index in [1.165, 1.54) is 0 Å². The quantitative estimate of drug-likeness (QED) is 0.378. The largest absolute Gasteiger partial charge is 0.382 e. The van der Waals surface area contributed by atoms with Crippen molar-refractivity contribution in [2.24, 2.45) is 4.99 Å². The van der Waals surface area contributed by atoms with Gasteiger partial charge in [-0.2, -0.15) is 0 Å². The molecule has 0 atom stereocenters. The molecule has 0 bridgehead atoms. The lowest BCUT2D eigenvalue weighted by Gasteiger charge is -2.11. The maximum Gasteiger partial charge on any atom is 0.191 e. The summed E-state index contributed by atoms with van der Waals surface area (Å²) >= 11 is 1.64. The molecule has 0 fully saturated rings. The summed E-state index contributed by atoms with van der Waals surface area (Å²) in [7, 11) is 7.41. The monoisotopic (exact) mass is 329 g/mol. The van der Waals surface area contributed by atoms with E-state index >= 15 is 0 Å². The Morgan fingerprint density at radius 2 is 2.14 bits per heavy atom. The first kappa shape index (κ1) is 18.7. The molecule has 22 heavy (non-hydrogen) atoms. The highest BCUT2D eigenvalue weighted by atomic mass is 32.1. The van der Waals surface area contributed by atoms with Gasteiger partial charge in [0, 0.05) is 46.8 Å².